The van der Waals surface area contributed by atoms with Crippen LogP contribution in [0.4, 0.5) is 14.9 Å². The van der Waals surface area contributed by atoms with E-state index in [0.717, 1.165) is 24.5 Å². The predicted octanol–water partition coefficient (Wildman–Crippen LogP) is 3.64. The van der Waals surface area contributed by atoms with Crippen LogP contribution in [0.1, 0.15) is 19.4 Å². The molecule has 2 aromatic rings. The molecule has 3 rings (SSSR count). The first-order valence-electron chi connectivity index (χ1n) is 9.31. The number of carbonyl (C=O) groups is 1. The summed E-state index contributed by atoms with van der Waals surface area (Å²) in [6, 6.07) is 14.3. The van der Waals surface area contributed by atoms with E-state index in [-0.39, 0.29) is 24.5 Å². The summed E-state index contributed by atoms with van der Waals surface area (Å²) in [6.07, 6.45) is 0.108. The molecule has 1 heterocycles. The Hall–Kier alpha value is -2.76. The number of para-hydroxylation sites is 2. The highest BCUT2D eigenvalue weighted by Crippen LogP contribution is 2.29. The van der Waals surface area contributed by atoms with Crippen molar-refractivity contribution >= 4 is 11.7 Å². The standard InChI is InChI=1S/C21H26FN3O2/c1-16(2)27-20-10-6-5-9-19(20)24-11-13-25(14-12-24)21(26)23-15-17-7-3-4-8-18(17)22/h3-10,16H,11-15H2,1-2H3,(H,23,26). The maximum absolute atomic E-state index is 13.7. The van der Waals surface area contributed by atoms with E-state index in [2.05, 4.69) is 10.2 Å². The lowest BCUT2D eigenvalue weighted by atomic mass is 10.2. The number of benzene rings is 2. The van der Waals surface area contributed by atoms with Crippen molar-refractivity contribution in [2.75, 3.05) is 31.1 Å². The number of nitrogens with one attached hydrogen (secondary N) is 1. The smallest absolute Gasteiger partial charge is 0.317 e. The van der Waals surface area contributed by atoms with E-state index in [1.165, 1.54) is 6.07 Å². The molecule has 0 saturated carbocycles. The Morgan fingerprint density at radius 2 is 1.74 bits per heavy atom. The molecule has 1 N–H and O–H groups in total. The van der Waals surface area contributed by atoms with Crippen molar-refractivity contribution in [2.24, 2.45) is 0 Å². The van der Waals surface area contributed by atoms with Gasteiger partial charge in [0.25, 0.3) is 0 Å². The molecule has 0 aliphatic carbocycles. The van der Waals surface area contributed by atoms with Crippen LogP contribution in [0.2, 0.25) is 0 Å². The zero-order valence-corrected chi connectivity index (χ0v) is 15.8. The number of hydrogen-bond donors (Lipinski definition) is 1. The molecule has 0 unspecified atom stereocenters. The average molecular weight is 371 g/mol. The number of anilines is 1. The van der Waals surface area contributed by atoms with Gasteiger partial charge >= 0.3 is 6.03 Å². The number of urea groups is 1. The van der Waals surface area contributed by atoms with Crippen molar-refractivity contribution in [3.8, 4) is 5.75 Å². The minimum Gasteiger partial charge on any atom is -0.489 e. The van der Waals surface area contributed by atoms with Gasteiger partial charge in [0.05, 0.1) is 11.8 Å². The first-order chi connectivity index (χ1) is 13.0. The van der Waals surface area contributed by atoms with Gasteiger partial charge in [0.1, 0.15) is 11.6 Å². The van der Waals surface area contributed by atoms with Crippen LogP contribution in [0.5, 0.6) is 5.75 Å². The Balaban J connectivity index is 1.54. The van der Waals surface area contributed by atoms with Crippen LogP contribution < -0.4 is 15.0 Å². The molecule has 5 nitrogen and oxygen atoms in total. The van der Waals surface area contributed by atoms with Crippen molar-refractivity contribution in [3.63, 3.8) is 0 Å². The second-order valence-corrected chi connectivity index (χ2v) is 6.86. The molecule has 27 heavy (non-hydrogen) atoms. The zero-order valence-electron chi connectivity index (χ0n) is 15.8. The minimum absolute atomic E-state index is 0.108. The van der Waals surface area contributed by atoms with Gasteiger partial charge in [-0.15, -0.1) is 0 Å². The maximum Gasteiger partial charge on any atom is 0.317 e. The Kier molecular flexibility index (Phi) is 6.16. The van der Waals surface area contributed by atoms with Gasteiger partial charge in [-0.25, -0.2) is 9.18 Å². The molecule has 6 heteroatoms. The molecule has 0 atom stereocenters. The Bertz CT molecular complexity index is 774. The Morgan fingerprint density at radius 3 is 2.44 bits per heavy atom. The minimum atomic E-state index is -0.302. The summed E-state index contributed by atoms with van der Waals surface area (Å²) in [5, 5.41) is 2.81. The van der Waals surface area contributed by atoms with E-state index in [4.69, 9.17) is 4.74 Å². The second-order valence-electron chi connectivity index (χ2n) is 6.86. The van der Waals surface area contributed by atoms with Crippen LogP contribution >= 0.6 is 0 Å². The van der Waals surface area contributed by atoms with Gasteiger partial charge < -0.3 is 19.9 Å². The molecule has 0 radical (unpaired) electrons. The lowest BCUT2D eigenvalue weighted by Crippen LogP contribution is -2.51. The molecule has 0 spiro atoms. The van der Waals surface area contributed by atoms with Crippen molar-refractivity contribution in [1.82, 2.24) is 10.2 Å². The quantitative estimate of drug-likeness (QED) is 0.873. The molecular formula is C21H26FN3O2. The van der Waals surface area contributed by atoms with E-state index in [0.29, 0.717) is 18.7 Å². The van der Waals surface area contributed by atoms with Gasteiger partial charge in [0.15, 0.2) is 0 Å². The zero-order chi connectivity index (χ0) is 19.2. The van der Waals surface area contributed by atoms with Gasteiger partial charge in [-0.2, -0.15) is 0 Å². The van der Waals surface area contributed by atoms with Gasteiger partial charge in [-0.3, -0.25) is 0 Å². The van der Waals surface area contributed by atoms with Crippen molar-refractivity contribution in [2.45, 2.75) is 26.5 Å². The van der Waals surface area contributed by atoms with Crippen LogP contribution in [0.15, 0.2) is 48.5 Å². The van der Waals surface area contributed by atoms with Crippen LogP contribution in [0, 0.1) is 5.82 Å². The summed E-state index contributed by atoms with van der Waals surface area (Å²) in [5.41, 5.74) is 1.54. The summed E-state index contributed by atoms with van der Waals surface area (Å²) in [7, 11) is 0. The maximum atomic E-state index is 13.7. The summed E-state index contributed by atoms with van der Waals surface area (Å²) in [4.78, 5) is 16.4. The summed E-state index contributed by atoms with van der Waals surface area (Å²) >= 11 is 0. The highest BCUT2D eigenvalue weighted by Gasteiger charge is 2.23. The molecule has 1 aliphatic rings. The third-order valence-electron chi connectivity index (χ3n) is 4.52. The molecule has 2 amide bonds. The summed E-state index contributed by atoms with van der Waals surface area (Å²) < 4.78 is 19.6. The molecular weight excluding hydrogens is 345 g/mol. The number of amides is 2. The number of rotatable bonds is 5. The SMILES string of the molecule is CC(C)Oc1ccccc1N1CCN(C(=O)NCc2ccccc2F)CC1. The van der Waals surface area contributed by atoms with Crippen LogP contribution in [0.3, 0.4) is 0 Å². The predicted molar refractivity (Wildman–Crippen MR) is 105 cm³/mol. The molecule has 0 aromatic heterocycles. The van der Waals surface area contributed by atoms with Crippen molar-refractivity contribution in [3.05, 3.63) is 59.9 Å². The largest absolute Gasteiger partial charge is 0.489 e. The number of halogens is 1. The van der Waals surface area contributed by atoms with E-state index in [9.17, 15) is 9.18 Å². The molecule has 2 aromatic carbocycles. The lowest BCUT2D eigenvalue weighted by Gasteiger charge is -2.36. The molecule has 1 aliphatic heterocycles. The third kappa shape index (κ3) is 4.90. The van der Waals surface area contributed by atoms with E-state index >= 15 is 0 Å². The fourth-order valence-corrected chi connectivity index (χ4v) is 3.15. The van der Waals surface area contributed by atoms with Gasteiger partial charge in [-0.1, -0.05) is 30.3 Å². The number of hydrogen-bond acceptors (Lipinski definition) is 3. The van der Waals surface area contributed by atoms with Crippen molar-refractivity contribution < 1.29 is 13.9 Å². The normalized spacial score (nSPS) is 14.4. The fraction of sp³-hybridized carbons (Fsp3) is 0.381. The number of nitrogens with zero attached hydrogens (tertiary/aromatic N) is 2. The topological polar surface area (TPSA) is 44.8 Å². The van der Waals surface area contributed by atoms with E-state index < -0.39 is 0 Å². The highest BCUT2D eigenvalue weighted by molar-refractivity contribution is 5.74. The molecule has 0 bridgehead atoms. The average Bonchev–Trinajstić information content (AvgIpc) is 2.67. The molecule has 1 fully saturated rings. The number of ether oxygens (including phenoxy) is 1. The first kappa shape index (κ1) is 19.0. The highest BCUT2D eigenvalue weighted by atomic mass is 19.1. The monoisotopic (exact) mass is 371 g/mol. The third-order valence-corrected chi connectivity index (χ3v) is 4.52. The Morgan fingerprint density at radius 1 is 1.07 bits per heavy atom. The molecule has 144 valence electrons. The van der Waals surface area contributed by atoms with E-state index in [1.54, 1.807) is 23.1 Å². The summed E-state index contributed by atoms with van der Waals surface area (Å²) in [6.45, 7) is 6.88. The summed E-state index contributed by atoms with van der Waals surface area (Å²) in [5.74, 6) is 0.564. The van der Waals surface area contributed by atoms with Crippen molar-refractivity contribution in [1.29, 1.82) is 0 Å². The molecule has 1 saturated heterocycles. The van der Waals surface area contributed by atoms with Crippen LogP contribution in [0.25, 0.3) is 0 Å². The second kappa shape index (κ2) is 8.75. The van der Waals surface area contributed by atoms with Gasteiger partial charge in [-0.05, 0) is 32.0 Å². The van der Waals surface area contributed by atoms with Crippen LogP contribution in [-0.4, -0.2) is 43.2 Å². The van der Waals surface area contributed by atoms with Gasteiger partial charge in [0, 0.05) is 38.3 Å². The van der Waals surface area contributed by atoms with Crippen LogP contribution in [-0.2, 0) is 6.54 Å². The Labute approximate surface area is 159 Å². The lowest BCUT2D eigenvalue weighted by molar-refractivity contribution is 0.193. The number of piperazine rings is 1. The van der Waals surface area contributed by atoms with Gasteiger partial charge in [0.2, 0.25) is 0 Å². The van der Waals surface area contributed by atoms with E-state index in [1.807, 2.05) is 38.1 Å². The fourth-order valence-electron chi connectivity index (χ4n) is 3.15. The first-order valence-corrected chi connectivity index (χ1v) is 9.31. The number of carbonyl (C=O) groups excluding carboxylic acids is 1.